The van der Waals surface area contributed by atoms with Crippen LogP contribution in [0, 0.1) is 17.0 Å². The fourth-order valence-corrected chi connectivity index (χ4v) is 9.52. The van der Waals surface area contributed by atoms with E-state index in [0.717, 1.165) is 33.2 Å². The van der Waals surface area contributed by atoms with Crippen LogP contribution in [0.1, 0.15) is 51.2 Å². The van der Waals surface area contributed by atoms with Crippen LogP contribution in [0.2, 0.25) is 5.02 Å². The third kappa shape index (κ3) is 7.02. The number of rotatable bonds is 9. The Balaban J connectivity index is 0.809. The van der Waals surface area contributed by atoms with Gasteiger partial charge in [-0.05, 0) is 48.2 Å². The molecule has 1 saturated carbocycles. The lowest BCUT2D eigenvalue weighted by molar-refractivity contribution is -0.220. The molecule has 7 heterocycles. The largest absolute Gasteiger partial charge is 0.385 e. The van der Waals surface area contributed by atoms with Crippen LogP contribution >= 0.6 is 11.6 Å². The molecule has 5 amide bonds. The van der Waals surface area contributed by atoms with Gasteiger partial charge in [0, 0.05) is 82.7 Å². The number of carbonyl (C=O) groups excluding carboxylic acids is 4. The average molecular weight is 904 g/mol. The molecular weight excluding hydrogens is 865 g/mol. The first kappa shape index (κ1) is 41.6. The molecule has 3 N–H and O–H groups in total. The highest BCUT2D eigenvalue weighted by molar-refractivity contribution is 6.34. The number of halogens is 6. The van der Waals surface area contributed by atoms with Crippen molar-refractivity contribution in [2.45, 2.75) is 50.4 Å². The zero-order chi connectivity index (χ0) is 44.8. The summed E-state index contributed by atoms with van der Waals surface area (Å²) in [6.07, 6.45) is 2.53. The molecule has 4 fully saturated rings. The minimum absolute atomic E-state index is 0.0192. The minimum Gasteiger partial charge on any atom is -0.385 e. The summed E-state index contributed by atoms with van der Waals surface area (Å²) < 4.78 is 78.0. The fraction of sp³-hybridized carbons (Fsp3) is 0.372. The van der Waals surface area contributed by atoms with Crippen LogP contribution in [-0.4, -0.2) is 118 Å². The molecule has 4 aliphatic heterocycles. The second-order valence-corrected chi connectivity index (χ2v) is 17.3. The third-order valence-electron chi connectivity index (χ3n) is 12.8. The quantitative estimate of drug-likeness (QED) is 0.156. The number of imidazole rings is 1. The molecule has 2 aromatic carbocycles. The van der Waals surface area contributed by atoms with Crippen LogP contribution in [-0.2, 0) is 17.8 Å². The van der Waals surface area contributed by atoms with Gasteiger partial charge >= 0.3 is 6.03 Å². The number of amides is 5. The van der Waals surface area contributed by atoms with Gasteiger partial charge in [0.1, 0.15) is 23.5 Å². The number of aromatic nitrogens is 4. The summed E-state index contributed by atoms with van der Waals surface area (Å²) in [5, 5.41) is 12.5. The van der Waals surface area contributed by atoms with Gasteiger partial charge in [-0.15, -0.1) is 5.10 Å². The highest BCUT2D eigenvalue weighted by Gasteiger charge is 2.63. The number of pyridine rings is 1. The number of fused-ring (bicyclic) bond motifs is 2. The van der Waals surface area contributed by atoms with Gasteiger partial charge in [0.25, 0.3) is 17.7 Å². The zero-order valence-electron chi connectivity index (χ0n) is 34.1. The minimum atomic E-state index is -3.34. The highest BCUT2D eigenvalue weighted by atomic mass is 35.5. The Morgan fingerprint density at radius 1 is 0.953 bits per heavy atom. The predicted octanol–water partition coefficient (Wildman–Crippen LogP) is 5.73. The van der Waals surface area contributed by atoms with E-state index in [-0.39, 0.29) is 74.1 Å². The van der Waals surface area contributed by atoms with E-state index in [1.807, 2.05) is 11.0 Å². The maximum absolute atomic E-state index is 16.0. The second kappa shape index (κ2) is 15.4. The summed E-state index contributed by atoms with van der Waals surface area (Å²) in [5.41, 5.74) is 1.97. The summed E-state index contributed by atoms with van der Waals surface area (Å²) >= 11 is 6.20. The summed E-state index contributed by atoms with van der Waals surface area (Å²) in [6.45, 7) is -0.483. The molecule has 64 heavy (non-hydrogen) atoms. The molecule has 5 aromatic rings. The van der Waals surface area contributed by atoms with Gasteiger partial charge < -0.3 is 20.4 Å². The Kier molecular flexibility index (Phi) is 10.0. The molecule has 0 bridgehead atoms. The zero-order valence-corrected chi connectivity index (χ0v) is 34.9. The maximum atomic E-state index is 16.0. The lowest BCUT2D eigenvalue weighted by Gasteiger charge is -2.57. The Hall–Kier alpha value is -6.41. The number of nitrogens with zero attached hydrogens (tertiary/aromatic N) is 8. The molecule has 21 heteroatoms. The summed E-state index contributed by atoms with van der Waals surface area (Å²) in [7, 11) is 1.72. The van der Waals surface area contributed by atoms with E-state index in [4.69, 9.17) is 16.7 Å². The van der Waals surface area contributed by atoms with E-state index in [0.29, 0.717) is 41.2 Å². The van der Waals surface area contributed by atoms with Crippen LogP contribution in [0.4, 0.5) is 49.6 Å². The van der Waals surface area contributed by atoms with Crippen LogP contribution < -0.4 is 25.8 Å². The Labute approximate surface area is 366 Å². The number of nitrogens with one attached hydrogen (secondary N) is 3. The molecule has 3 saturated heterocycles. The highest BCUT2D eigenvalue weighted by Crippen LogP contribution is 2.51. The number of carbonyl (C=O) groups is 4. The standard InChI is InChI=1S/C43H39ClF5N11O4/c1-50-31-15-35(55-60-34(17-52-38(31)60)39(62)53-30-14-28(30)46)58-8-5-23-24(3-2-4-32(23)58)37-29(47)11-22(16-51-37)18-56-19-42(20-56)7-10-57(21-43(42,48)49)40(63)25-12-33(26(44)13-27(25)45)59-9-6-36(61)54-41(59)64/h2-4,11-13,15-17,28,30,50H,5-10,14,18-21H2,1H3,(H,53,62)(H,54,61,64)/t28-,30?/m0/s1. The summed E-state index contributed by atoms with van der Waals surface area (Å²) in [6, 6.07) is 9.17. The second-order valence-electron chi connectivity index (χ2n) is 16.9. The molecule has 1 aliphatic carbocycles. The number of benzene rings is 2. The summed E-state index contributed by atoms with van der Waals surface area (Å²) in [5.74, 6) is -6.43. The van der Waals surface area contributed by atoms with E-state index in [1.54, 1.807) is 30.1 Å². The average Bonchev–Trinajstić information content (AvgIpc) is 3.56. The number of anilines is 4. The molecule has 5 aliphatic rings. The molecule has 10 rings (SSSR count). The van der Waals surface area contributed by atoms with Gasteiger partial charge in [0.05, 0.1) is 46.2 Å². The first-order valence-electron chi connectivity index (χ1n) is 20.7. The van der Waals surface area contributed by atoms with Crippen LogP contribution in [0.3, 0.4) is 0 Å². The van der Waals surface area contributed by atoms with Gasteiger partial charge in [-0.3, -0.25) is 34.5 Å². The van der Waals surface area contributed by atoms with Gasteiger partial charge in [-0.1, -0.05) is 23.7 Å². The molecule has 1 spiro atoms. The van der Waals surface area contributed by atoms with E-state index >= 15 is 17.6 Å². The molecule has 3 aromatic heterocycles. The lowest BCUT2D eigenvalue weighted by Crippen LogP contribution is -2.70. The van der Waals surface area contributed by atoms with Gasteiger partial charge in [-0.2, -0.15) is 0 Å². The van der Waals surface area contributed by atoms with Crippen molar-refractivity contribution in [1.82, 2.24) is 40.0 Å². The molecule has 0 radical (unpaired) electrons. The molecule has 15 nitrogen and oxygen atoms in total. The van der Waals surface area contributed by atoms with Gasteiger partial charge in [-0.25, -0.2) is 36.2 Å². The van der Waals surface area contributed by atoms with Gasteiger partial charge in [0.2, 0.25) is 5.91 Å². The fourth-order valence-electron chi connectivity index (χ4n) is 9.27. The smallest absolute Gasteiger partial charge is 0.328 e. The van der Waals surface area contributed by atoms with Crippen molar-refractivity contribution in [3.63, 3.8) is 0 Å². The van der Waals surface area contributed by atoms with Crippen molar-refractivity contribution in [1.29, 1.82) is 0 Å². The maximum Gasteiger partial charge on any atom is 0.328 e. The van der Waals surface area contributed by atoms with Crippen molar-refractivity contribution >= 4 is 63.9 Å². The first-order valence-corrected chi connectivity index (χ1v) is 21.1. The molecule has 332 valence electrons. The molecule has 2 atom stereocenters. The Bertz CT molecular complexity index is 2800. The van der Waals surface area contributed by atoms with E-state index in [9.17, 15) is 23.6 Å². The first-order chi connectivity index (χ1) is 30.6. The molecular formula is C43H39ClF5N11O4. The van der Waals surface area contributed by atoms with Crippen LogP contribution in [0.5, 0.6) is 0 Å². The number of alkyl halides is 3. The topological polar surface area (TPSA) is 160 Å². The lowest BCUT2D eigenvalue weighted by atomic mass is 9.69. The van der Waals surface area contributed by atoms with Crippen molar-refractivity contribution in [2.75, 3.05) is 61.4 Å². The van der Waals surface area contributed by atoms with E-state index in [2.05, 4.69) is 25.9 Å². The predicted molar refractivity (Wildman–Crippen MR) is 224 cm³/mol. The number of imide groups is 1. The normalized spacial score (nSPS) is 21.2. The SMILES string of the molecule is CNc1cc(N2CCc3c(-c4ncc(CN5CC6(CCN(C(=O)c7cc(N8CCC(=O)NC8=O)c(Cl)cc7F)CC6(F)F)C5)cc4F)cccc32)nn2c(C(=O)NC3C[C@@H]3F)cnc12. The monoisotopic (exact) mass is 903 g/mol. The van der Waals surface area contributed by atoms with Crippen molar-refractivity contribution in [3.05, 3.63) is 93.9 Å². The molecule has 1 unspecified atom stereocenters. The number of likely N-dealkylation sites (tertiary alicyclic amines) is 2. The van der Waals surface area contributed by atoms with E-state index < -0.39 is 71.0 Å². The van der Waals surface area contributed by atoms with Crippen LogP contribution in [0.15, 0.2) is 54.9 Å². The van der Waals surface area contributed by atoms with Crippen LogP contribution in [0.25, 0.3) is 16.9 Å². The van der Waals surface area contributed by atoms with Crippen molar-refractivity contribution < 1.29 is 41.1 Å². The number of hydrogen-bond donors (Lipinski definition) is 3. The van der Waals surface area contributed by atoms with E-state index in [1.165, 1.54) is 23.0 Å². The number of hydrogen-bond acceptors (Lipinski definition) is 10. The third-order valence-corrected chi connectivity index (χ3v) is 13.1. The van der Waals surface area contributed by atoms with Crippen molar-refractivity contribution in [2.24, 2.45) is 5.41 Å². The number of piperidine rings is 1. The summed E-state index contributed by atoms with van der Waals surface area (Å²) in [4.78, 5) is 65.1. The Morgan fingerprint density at radius 3 is 2.45 bits per heavy atom. The van der Waals surface area contributed by atoms with Gasteiger partial charge in [0.15, 0.2) is 17.2 Å². The van der Waals surface area contributed by atoms with Crippen molar-refractivity contribution in [3.8, 4) is 11.3 Å². The Morgan fingerprint density at radius 2 is 1.73 bits per heavy atom. The number of urea groups is 1.